The molecule has 0 N–H and O–H groups in total. The van der Waals surface area contributed by atoms with E-state index in [1.807, 2.05) is 0 Å². The topological polar surface area (TPSA) is 0 Å². The van der Waals surface area contributed by atoms with Crippen LogP contribution < -0.4 is 0 Å². The average Bonchev–Trinajstić information content (AvgIpc) is 2.62. The molecule has 0 amide bonds. The van der Waals surface area contributed by atoms with Gasteiger partial charge in [-0.3, -0.25) is 0 Å². The average molecular weight is 425 g/mol. The molecule has 5 rings (SSSR count). The lowest BCUT2D eigenvalue weighted by atomic mass is 9.50. The van der Waals surface area contributed by atoms with E-state index in [4.69, 9.17) is 0 Å². The van der Waals surface area contributed by atoms with E-state index in [-0.39, 0.29) is 0 Å². The summed E-state index contributed by atoms with van der Waals surface area (Å²) in [5, 5.41) is 0. The summed E-state index contributed by atoms with van der Waals surface area (Å²) in [6, 6.07) is 17.5. The number of quaternary nitrogens is 1. The van der Waals surface area contributed by atoms with Gasteiger partial charge < -0.3 is 4.48 Å². The quantitative estimate of drug-likeness (QED) is 0.370. The molecule has 3 aliphatic carbocycles. The predicted molar refractivity (Wildman–Crippen MR) is 118 cm³/mol. The monoisotopic (exact) mass is 424 g/mol. The van der Waals surface area contributed by atoms with Crippen molar-refractivity contribution in [2.75, 3.05) is 20.6 Å². The minimum atomic E-state index is 0.544. The Bertz CT molecular complexity index is 860. The summed E-state index contributed by atoms with van der Waals surface area (Å²) in [5.41, 5.74) is 6.17. The van der Waals surface area contributed by atoms with Crippen LogP contribution in [0.2, 0.25) is 0 Å². The molecule has 0 unspecified atom stereocenters. The highest BCUT2D eigenvalue weighted by Crippen LogP contribution is 2.58. The van der Waals surface area contributed by atoms with Crippen molar-refractivity contribution in [2.45, 2.75) is 33.2 Å². The third-order valence-electron chi connectivity index (χ3n) is 6.87. The van der Waals surface area contributed by atoms with Crippen molar-refractivity contribution in [3.05, 3.63) is 70.2 Å². The molecule has 27 heavy (non-hydrogen) atoms. The highest BCUT2D eigenvalue weighted by molar-refractivity contribution is 9.10. The molecule has 2 aromatic carbocycles. The summed E-state index contributed by atoms with van der Waals surface area (Å²) in [6.45, 7) is 7.15. The van der Waals surface area contributed by atoms with Crippen molar-refractivity contribution in [3.63, 3.8) is 0 Å². The summed E-state index contributed by atoms with van der Waals surface area (Å²) in [6.07, 6.45) is 5.34. The van der Waals surface area contributed by atoms with E-state index in [0.29, 0.717) is 5.41 Å². The van der Waals surface area contributed by atoms with Gasteiger partial charge in [0.25, 0.3) is 0 Å². The number of likely N-dealkylation sites (N-methyl/N-ethyl adjacent to an activating group) is 1. The number of fused-ring (bicyclic) bond motifs is 1. The van der Waals surface area contributed by atoms with Gasteiger partial charge in [0.15, 0.2) is 0 Å². The lowest BCUT2D eigenvalue weighted by Gasteiger charge is -2.55. The lowest BCUT2D eigenvalue weighted by Crippen LogP contribution is -2.49. The highest BCUT2D eigenvalue weighted by Gasteiger charge is 2.50. The molecule has 2 aromatic rings. The number of benzene rings is 2. The highest BCUT2D eigenvalue weighted by atomic mass is 79.9. The Labute approximate surface area is 172 Å². The van der Waals surface area contributed by atoms with Gasteiger partial charge in [-0.25, -0.2) is 0 Å². The van der Waals surface area contributed by atoms with E-state index in [2.05, 4.69) is 98.5 Å². The summed E-state index contributed by atoms with van der Waals surface area (Å²) < 4.78 is 2.18. The number of rotatable bonds is 5. The van der Waals surface area contributed by atoms with Crippen molar-refractivity contribution < 1.29 is 4.48 Å². The largest absolute Gasteiger partial charge is 0.321 e. The molecule has 0 saturated heterocycles. The van der Waals surface area contributed by atoms with Gasteiger partial charge in [0.1, 0.15) is 13.1 Å². The summed E-state index contributed by atoms with van der Waals surface area (Å²) >= 11 is 3.66. The van der Waals surface area contributed by atoms with Gasteiger partial charge in [-0.1, -0.05) is 78.3 Å². The number of halogens is 1. The standard InChI is InChI=1S/C25H31BrN/c1-25(2)21-13-19(14-22(25)15-21)17-27(3,4)16-18-9-11-20(12-10-18)23-7-5-6-8-24(23)26/h5-13,21-22H,14-17H2,1-4H3/q+1/t21-,22+/m0/s1. The third kappa shape index (κ3) is 3.79. The van der Waals surface area contributed by atoms with Crippen LogP contribution in [0.5, 0.6) is 0 Å². The molecule has 0 spiro atoms. The molecule has 2 bridgehead atoms. The number of allylic oxidation sites excluding steroid dienone is 1. The predicted octanol–water partition coefficient (Wildman–Crippen LogP) is 6.68. The van der Waals surface area contributed by atoms with E-state index in [1.54, 1.807) is 5.57 Å². The van der Waals surface area contributed by atoms with Crippen molar-refractivity contribution in [2.24, 2.45) is 17.3 Å². The van der Waals surface area contributed by atoms with Crippen LogP contribution >= 0.6 is 15.9 Å². The Balaban J connectivity index is 1.43. The zero-order chi connectivity index (χ0) is 19.2. The van der Waals surface area contributed by atoms with Gasteiger partial charge >= 0.3 is 0 Å². The second-order valence-electron chi connectivity index (χ2n) is 9.82. The van der Waals surface area contributed by atoms with E-state index >= 15 is 0 Å². The normalized spacial score (nSPS) is 23.5. The van der Waals surface area contributed by atoms with E-state index in [9.17, 15) is 0 Å². The SMILES string of the molecule is CC1(C)[C@@H]2CC(C[N+](C)(C)Cc3ccc(-c4ccccc4Br)cc3)=C[C@H]1C2. The second-order valence-corrected chi connectivity index (χ2v) is 10.7. The number of hydrogen-bond acceptors (Lipinski definition) is 0. The fourth-order valence-corrected chi connectivity index (χ4v) is 5.57. The first-order valence-electron chi connectivity index (χ1n) is 10.1. The summed E-state index contributed by atoms with van der Waals surface area (Å²) in [7, 11) is 4.74. The molecule has 0 heterocycles. The van der Waals surface area contributed by atoms with Crippen LogP contribution in [-0.2, 0) is 6.54 Å². The van der Waals surface area contributed by atoms with Crippen molar-refractivity contribution in [3.8, 4) is 11.1 Å². The molecule has 1 fully saturated rings. The smallest absolute Gasteiger partial charge is 0.104 e. The molecular formula is C25H31BrN+. The van der Waals surface area contributed by atoms with Crippen molar-refractivity contribution in [1.29, 1.82) is 0 Å². The molecule has 0 radical (unpaired) electrons. The van der Waals surface area contributed by atoms with Gasteiger partial charge in [-0.05, 0) is 52.9 Å². The third-order valence-corrected chi connectivity index (χ3v) is 7.56. The van der Waals surface area contributed by atoms with Gasteiger partial charge in [-0.15, -0.1) is 0 Å². The van der Waals surface area contributed by atoms with Gasteiger partial charge in [0.05, 0.1) is 14.1 Å². The first-order chi connectivity index (χ1) is 12.7. The minimum Gasteiger partial charge on any atom is -0.321 e. The van der Waals surface area contributed by atoms with E-state index in [0.717, 1.165) is 27.3 Å². The van der Waals surface area contributed by atoms with Gasteiger partial charge in [-0.2, -0.15) is 0 Å². The van der Waals surface area contributed by atoms with Crippen molar-refractivity contribution in [1.82, 2.24) is 0 Å². The molecular weight excluding hydrogens is 394 g/mol. The molecule has 1 saturated carbocycles. The fourth-order valence-electron chi connectivity index (χ4n) is 5.06. The maximum Gasteiger partial charge on any atom is 0.104 e. The molecule has 2 heteroatoms. The minimum absolute atomic E-state index is 0.544. The number of hydrogen-bond donors (Lipinski definition) is 0. The Kier molecular flexibility index (Phi) is 4.84. The Morgan fingerprint density at radius 1 is 1.00 bits per heavy atom. The first kappa shape index (κ1) is 19.0. The van der Waals surface area contributed by atoms with E-state index < -0.39 is 0 Å². The van der Waals surface area contributed by atoms with Crippen molar-refractivity contribution >= 4 is 15.9 Å². The van der Waals surface area contributed by atoms with Crippen LogP contribution in [0.25, 0.3) is 11.1 Å². The maximum absolute atomic E-state index is 3.66. The zero-order valence-corrected chi connectivity index (χ0v) is 18.6. The molecule has 142 valence electrons. The van der Waals surface area contributed by atoms with Crippen LogP contribution in [0.15, 0.2) is 64.7 Å². The molecule has 2 atom stereocenters. The Morgan fingerprint density at radius 2 is 1.70 bits per heavy atom. The first-order valence-corrected chi connectivity index (χ1v) is 10.9. The molecule has 0 aliphatic heterocycles. The fraction of sp³-hybridized carbons (Fsp3) is 0.440. The lowest BCUT2D eigenvalue weighted by molar-refractivity contribution is -0.899. The van der Waals surface area contributed by atoms with Crippen LogP contribution in [0, 0.1) is 17.3 Å². The van der Waals surface area contributed by atoms with Crippen LogP contribution in [-0.4, -0.2) is 25.1 Å². The van der Waals surface area contributed by atoms with Gasteiger partial charge in [0, 0.05) is 10.0 Å². The second kappa shape index (κ2) is 6.90. The summed E-state index contributed by atoms with van der Waals surface area (Å²) in [4.78, 5) is 0. The maximum atomic E-state index is 3.66. The number of nitrogens with zero attached hydrogens (tertiary/aromatic N) is 1. The Hall–Kier alpha value is -1.38. The molecule has 1 nitrogen and oxygen atoms in total. The van der Waals surface area contributed by atoms with E-state index in [1.165, 1.54) is 36.1 Å². The molecule has 3 aliphatic rings. The van der Waals surface area contributed by atoms with Gasteiger partial charge in [0.2, 0.25) is 0 Å². The van der Waals surface area contributed by atoms with Crippen LogP contribution in [0.3, 0.4) is 0 Å². The zero-order valence-electron chi connectivity index (χ0n) is 17.0. The molecule has 0 aromatic heterocycles. The Morgan fingerprint density at radius 3 is 2.30 bits per heavy atom. The summed E-state index contributed by atoms with van der Waals surface area (Å²) in [5.74, 6) is 1.72. The van der Waals surface area contributed by atoms with Crippen LogP contribution in [0.1, 0.15) is 32.3 Å². The van der Waals surface area contributed by atoms with Crippen LogP contribution in [0.4, 0.5) is 0 Å².